The summed E-state index contributed by atoms with van der Waals surface area (Å²) in [6, 6.07) is 11.5. The fourth-order valence-electron chi connectivity index (χ4n) is 2.07. The number of phenolic OH excluding ortho intramolecular Hbond substituents is 1. The summed E-state index contributed by atoms with van der Waals surface area (Å²) >= 11 is 0. The van der Waals surface area contributed by atoms with Crippen molar-refractivity contribution in [2.75, 3.05) is 20.3 Å². The average Bonchev–Trinajstić information content (AvgIpc) is 2.62. The third-order valence-electron chi connectivity index (χ3n) is 3.21. The van der Waals surface area contributed by atoms with Crippen LogP contribution in [-0.4, -0.2) is 25.4 Å². The van der Waals surface area contributed by atoms with E-state index < -0.39 is 7.60 Å². The Morgan fingerprint density at radius 3 is 2.08 bits per heavy atom. The standard InChI is InChI=1S/C17H21N2O5P/c1-4-23-25(21,24-5-2)17-12-14(8-11-16(17)20)19-18-13-6-9-15(22-3)10-7-13/h6-12,20H,4-5H2,1-3H3. The van der Waals surface area contributed by atoms with Gasteiger partial charge in [0.2, 0.25) is 0 Å². The lowest BCUT2D eigenvalue weighted by Gasteiger charge is -2.18. The molecule has 7 nitrogen and oxygen atoms in total. The van der Waals surface area contributed by atoms with Crippen molar-refractivity contribution in [3.8, 4) is 11.5 Å². The van der Waals surface area contributed by atoms with E-state index >= 15 is 0 Å². The predicted octanol–water partition coefficient (Wildman–Crippen LogP) is 4.71. The zero-order valence-corrected chi connectivity index (χ0v) is 15.3. The van der Waals surface area contributed by atoms with Gasteiger partial charge in [-0.2, -0.15) is 10.2 Å². The number of benzene rings is 2. The lowest BCUT2D eigenvalue weighted by molar-refractivity contribution is 0.229. The third kappa shape index (κ3) is 4.89. The van der Waals surface area contributed by atoms with Crippen molar-refractivity contribution in [1.82, 2.24) is 0 Å². The quantitative estimate of drug-likeness (QED) is 0.541. The molecule has 0 aromatic heterocycles. The monoisotopic (exact) mass is 364 g/mol. The number of hydrogen-bond acceptors (Lipinski definition) is 7. The molecule has 2 rings (SSSR count). The normalized spacial score (nSPS) is 11.8. The largest absolute Gasteiger partial charge is 0.507 e. The molecule has 2 aromatic carbocycles. The highest BCUT2D eigenvalue weighted by atomic mass is 31.2. The van der Waals surface area contributed by atoms with Gasteiger partial charge in [0.15, 0.2) is 0 Å². The van der Waals surface area contributed by atoms with Gasteiger partial charge in [0.25, 0.3) is 0 Å². The van der Waals surface area contributed by atoms with Crippen LogP contribution in [0.2, 0.25) is 0 Å². The Bertz CT molecular complexity index is 767. The summed E-state index contributed by atoms with van der Waals surface area (Å²) in [6.07, 6.45) is 0. The number of rotatable bonds is 8. The second-order valence-electron chi connectivity index (χ2n) is 4.90. The maximum Gasteiger partial charge on any atom is 0.365 e. The van der Waals surface area contributed by atoms with E-state index in [0.717, 1.165) is 5.75 Å². The van der Waals surface area contributed by atoms with Gasteiger partial charge < -0.3 is 18.9 Å². The van der Waals surface area contributed by atoms with Crippen LogP contribution in [0, 0.1) is 0 Å². The summed E-state index contributed by atoms with van der Waals surface area (Å²) in [5.41, 5.74) is 1.05. The van der Waals surface area contributed by atoms with Crippen LogP contribution >= 0.6 is 7.60 Å². The van der Waals surface area contributed by atoms with Gasteiger partial charge in [-0.1, -0.05) is 0 Å². The number of methoxy groups -OCH3 is 1. The van der Waals surface area contributed by atoms with Crippen molar-refractivity contribution in [3.63, 3.8) is 0 Å². The SMILES string of the molecule is CCOP(=O)(OCC)c1cc(N=Nc2ccc(OC)cc2)ccc1O. The molecule has 0 saturated carbocycles. The molecule has 0 saturated heterocycles. The molecule has 0 aliphatic carbocycles. The number of hydrogen-bond donors (Lipinski definition) is 1. The van der Waals surface area contributed by atoms with Crippen LogP contribution in [0.15, 0.2) is 52.7 Å². The van der Waals surface area contributed by atoms with E-state index in [0.29, 0.717) is 11.4 Å². The summed E-state index contributed by atoms with van der Waals surface area (Å²) < 4.78 is 28.5. The molecule has 0 bridgehead atoms. The van der Waals surface area contributed by atoms with Crippen molar-refractivity contribution < 1.29 is 23.5 Å². The third-order valence-corrected chi connectivity index (χ3v) is 5.35. The Morgan fingerprint density at radius 1 is 0.960 bits per heavy atom. The Labute approximate surface area is 146 Å². The Kier molecular flexibility index (Phi) is 6.70. The van der Waals surface area contributed by atoms with Crippen molar-refractivity contribution in [2.24, 2.45) is 10.2 Å². The van der Waals surface area contributed by atoms with Gasteiger partial charge in [0.1, 0.15) is 16.8 Å². The van der Waals surface area contributed by atoms with Gasteiger partial charge in [-0.15, -0.1) is 0 Å². The highest BCUT2D eigenvalue weighted by Crippen LogP contribution is 2.49. The molecule has 8 heteroatoms. The molecule has 1 N–H and O–H groups in total. The minimum absolute atomic E-state index is 0.0716. The molecule has 25 heavy (non-hydrogen) atoms. The van der Waals surface area contributed by atoms with Gasteiger partial charge in [0.05, 0.1) is 31.7 Å². The van der Waals surface area contributed by atoms with Gasteiger partial charge in [0, 0.05) is 0 Å². The van der Waals surface area contributed by atoms with Crippen molar-refractivity contribution in [2.45, 2.75) is 13.8 Å². The summed E-state index contributed by atoms with van der Waals surface area (Å²) in [7, 11) is -2.02. The fraction of sp³-hybridized carbons (Fsp3) is 0.294. The first-order valence-corrected chi connectivity index (χ1v) is 9.35. The van der Waals surface area contributed by atoms with Crippen LogP contribution in [0.3, 0.4) is 0 Å². The molecule has 0 atom stereocenters. The minimum Gasteiger partial charge on any atom is -0.507 e. The van der Waals surface area contributed by atoms with Crippen LogP contribution < -0.4 is 10.0 Å². The average molecular weight is 364 g/mol. The van der Waals surface area contributed by atoms with Crippen molar-refractivity contribution in [3.05, 3.63) is 42.5 Å². The molecule has 0 fully saturated rings. The van der Waals surface area contributed by atoms with E-state index in [-0.39, 0.29) is 24.3 Å². The summed E-state index contributed by atoms with van der Waals surface area (Å²) in [5.74, 6) is 0.550. The zero-order chi connectivity index (χ0) is 18.3. The van der Waals surface area contributed by atoms with Crippen LogP contribution in [0.25, 0.3) is 0 Å². The van der Waals surface area contributed by atoms with Crippen LogP contribution in [0.4, 0.5) is 11.4 Å². The lowest BCUT2D eigenvalue weighted by atomic mass is 10.3. The summed E-state index contributed by atoms with van der Waals surface area (Å²) in [5, 5.41) is 18.3. The van der Waals surface area contributed by atoms with Crippen LogP contribution in [0.1, 0.15) is 13.8 Å². The summed E-state index contributed by atoms with van der Waals surface area (Å²) in [6.45, 7) is 3.79. The van der Waals surface area contributed by atoms with Gasteiger partial charge in [-0.3, -0.25) is 4.57 Å². The first-order valence-electron chi connectivity index (χ1n) is 7.81. The number of azo groups is 1. The number of aromatic hydroxyl groups is 1. The molecule has 0 heterocycles. The molecule has 0 aliphatic heterocycles. The number of nitrogens with zero attached hydrogens (tertiary/aromatic N) is 2. The molecule has 0 radical (unpaired) electrons. The number of phenols is 1. The molecule has 2 aromatic rings. The molecule has 0 aliphatic rings. The number of ether oxygens (including phenoxy) is 1. The first kappa shape index (κ1) is 19.1. The molecule has 0 amide bonds. The first-order chi connectivity index (χ1) is 12.0. The molecular weight excluding hydrogens is 343 g/mol. The minimum atomic E-state index is -3.61. The lowest BCUT2D eigenvalue weighted by Crippen LogP contribution is -2.11. The van der Waals surface area contributed by atoms with E-state index in [1.54, 1.807) is 51.3 Å². The Balaban J connectivity index is 2.30. The maximum atomic E-state index is 12.8. The molecule has 0 unspecified atom stereocenters. The highest BCUT2D eigenvalue weighted by molar-refractivity contribution is 7.62. The summed E-state index contributed by atoms with van der Waals surface area (Å²) in [4.78, 5) is 0. The van der Waals surface area contributed by atoms with E-state index in [2.05, 4.69) is 10.2 Å². The van der Waals surface area contributed by atoms with Crippen molar-refractivity contribution in [1.29, 1.82) is 0 Å². The zero-order valence-electron chi connectivity index (χ0n) is 14.4. The maximum absolute atomic E-state index is 12.8. The second kappa shape index (κ2) is 8.76. The van der Waals surface area contributed by atoms with E-state index in [1.165, 1.54) is 12.1 Å². The van der Waals surface area contributed by atoms with Crippen LogP contribution in [-0.2, 0) is 13.6 Å². The highest BCUT2D eigenvalue weighted by Gasteiger charge is 2.30. The Hall–Kier alpha value is -2.21. The van der Waals surface area contributed by atoms with E-state index in [9.17, 15) is 9.67 Å². The fourth-order valence-corrected chi connectivity index (χ4v) is 3.75. The molecule has 134 valence electrons. The second-order valence-corrected chi connectivity index (χ2v) is 6.90. The smallest absolute Gasteiger partial charge is 0.365 e. The van der Waals surface area contributed by atoms with E-state index in [1.807, 2.05) is 0 Å². The topological polar surface area (TPSA) is 89.7 Å². The molecular formula is C17H21N2O5P. The van der Waals surface area contributed by atoms with Crippen LogP contribution in [0.5, 0.6) is 11.5 Å². The van der Waals surface area contributed by atoms with Gasteiger partial charge in [-0.25, -0.2) is 0 Å². The van der Waals surface area contributed by atoms with Gasteiger partial charge in [-0.05, 0) is 56.3 Å². The van der Waals surface area contributed by atoms with Crippen molar-refractivity contribution >= 4 is 24.3 Å². The molecule has 0 spiro atoms. The van der Waals surface area contributed by atoms with E-state index in [4.69, 9.17) is 13.8 Å². The Morgan fingerprint density at radius 2 is 1.52 bits per heavy atom. The van der Waals surface area contributed by atoms with Gasteiger partial charge >= 0.3 is 7.60 Å². The predicted molar refractivity (Wildman–Crippen MR) is 95.8 cm³/mol.